The van der Waals surface area contributed by atoms with Crippen LogP contribution in [0.1, 0.15) is 12.8 Å². The minimum Gasteiger partial charge on any atom is -0.421 e. The maximum atomic E-state index is 11.8. The molecule has 0 saturated carbocycles. The fourth-order valence-electron chi connectivity index (χ4n) is 2.36. The van der Waals surface area contributed by atoms with Gasteiger partial charge in [0.15, 0.2) is 0 Å². The predicted molar refractivity (Wildman–Crippen MR) is 78.7 cm³/mol. The second-order valence-electron chi connectivity index (χ2n) is 4.77. The summed E-state index contributed by atoms with van der Waals surface area (Å²) in [6.07, 6.45) is 1.88. The number of likely N-dealkylation sites (N-methyl/N-ethyl adjacent to an activating group) is 1. The molecule has 0 saturated heterocycles. The Morgan fingerprint density at radius 3 is 2.86 bits per heavy atom. The third-order valence-corrected chi connectivity index (χ3v) is 3.23. The summed E-state index contributed by atoms with van der Waals surface area (Å²) in [5.41, 5.74) is 1.81. The third kappa shape index (κ3) is 2.52. The van der Waals surface area contributed by atoms with Crippen molar-refractivity contribution in [3.63, 3.8) is 0 Å². The Morgan fingerprint density at radius 1 is 1.33 bits per heavy atom. The van der Waals surface area contributed by atoms with Crippen LogP contribution in [0.25, 0.3) is 22.4 Å². The summed E-state index contributed by atoms with van der Waals surface area (Å²) in [5, 5.41) is 11.7. The van der Waals surface area contributed by atoms with Gasteiger partial charge in [0.05, 0.1) is 5.56 Å². The number of para-hydroxylation sites is 1. The van der Waals surface area contributed by atoms with Crippen molar-refractivity contribution in [2.45, 2.75) is 20.4 Å². The number of carbonyl (C=O) groups excluding carboxylic acids is 1. The van der Waals surface area contributed by atoms with E-state index in [0.29, 0.717) is 18.3 Å². The van der Waals surface area contributed by atoms with Gasteiger partial charge in [0, 0.05) is 30.6 Å². The molecular weight excluding hydrogens is 268 g/mol. The van der Waals surface area contributed by atoms with Crippen LogP contribution in [0.5, 0.6) is 0 Å². The summed E-state index contributed by atoms with van der Waals surface area (Å²) in [5.74, 6) is 0.968. The van der Waals surface area contributed by atoms with Crippen molar-refractivity contribution in [3.05, 3.63) is 36.4 Å². The van der Waals surface area contributed by atoms with Gasteiger partial charge in [-0.2, -0.15) is 0 Å². The maximum Gasteiger partial charge on any atom is 0.249 e. The number of nitrogens with one attached hydrogen (secondary N) is 1. The lowest BCUT2D eigenvalue weighted by atomic mass is 10.2. The van der Waals surface area contributed by atoms with Crippen molar-refractivity contribution in [1.82, 2.24) is 20.1 Å². The summed E-state index contributed by atoms with van der Waals surface area (Å²) in [7, 11) is 0. The molecule has 0 spiro atoms. The van der Waals surface area contributed by atoms with Gasteiger partial charge in [-0.25, -0.2) is 0 Å². The molecule has 2 heterocycles. The van der Waals surface area contributed by atoms with Gasteiger partial charge in [0.25, 0.3) is 0 Å². The third-order valence-electron chi connectivity index (χ3n) is 3.23. The summed E-state index contributed by atoms with van der Waals surface area (Å²) in [6.45, 7) is 4.54. The van der Waals surface area contributed by atoms with Gasteiger partial charge >= 0.3 is 0 Å². The van der Waals surface area contributed by atoms with E-state index in [4.69, 9.17) is 4.42 Å². The first-order chi connectivity index (χ1) is 10.2. The number of aryl methyl sites for hydroxylation is 1. The first-order valence-electron chi connectivity index (χ1n) is 6.84. The highest BCUT2D eigenvalue weighted by molar-refractivity contribution is 5.94. The van der Waals surface area contributed by atoms with Gasteiger partial charge in [-0.3, -0.25) is 4.79 Å². The molecule has 3 aromatic rings. The zero-order valence-electron chi connectivity index (χ0n) is 12.0. The summed E-state index contributed by atoms with van der Waals surface area (Å²) in [6, 6.07) is 7.85. The van der Waals surface area contributed by atoms with E-state index in [2.05, 4.69) is 15.5 Å². The number of benzene rings is 1. The summed E-state index contributed by atoms with van der Waals surface area (Å²) < 4.78 is 7.41. The first kappa shape index (κ1) is 13.4. The van der Waals surface area contributed by atoms with Crippen molar-refractivity contribution in [2.75, 3.05) is 6.54 Å². The first-order valence-corrected chi connectivity index (χ1v) is 6.84. The molecule has 1 amide bonds. The Bertz CT molecular complexity index is 788. The van der Waals surface area contributed by atoms with E-state index in [-0.39, 0.29) is 12.5 Å². The van der Waals surface area contributed by atoms with Crippen LogP contribution in [0.15, 0.2) is 34.9 Å². The molecule has 3 rings (SSSR count). The zero-order chi connectivity index (χ0) is 14.8. The van der Waals surface area contributed by atoms with E-state index in [1.165, 1.54) is 0 Å². The maximum absolute atomic E-state index is 11.8. The van der Waals surface area contributed by atoms with Crippen LogP contribution < -0.4 is 5.32 Å². The van der Waals surface area contributed by atoms with Crippen LogP contribution in [0, 0.1) is 6.92 Å². The van der Waals surface area contributed by atoms with Crippen LogP contribution in [0.2, 0.25) is 0 Å². The topological polar surface area (TPSA) is 73.0 Å². The monoisotopic (exact) mass is 284 g/mol. The highest BCUT2D eigenvalue weighted by atomic mass is 16.4. The lowest BCUT2D eigenvalue weighted by Gasteiger charge is -2.04. The van der Waals surface area contributed by atoms with Gasteiger partial charge in [-0.15, -0.1) is 10.2 Å². The van der Waals surface area contributed by atoms with Crippen molar-refractivity contribution in [2.24, 2.45) is 0 Å². The molecule has 0 aliphatic carbocycles. The number of hydrogen-bond acceptors (Lipinski definition) is 4. The van der Waals surface area contributed by atoms with Gasteiger partial charge in [0.2, 0.25) is 17.7 Å². The Morgan fingerprint density at radius 2 is 2.14 bits per heavy atom. The fourth-order valence-corrected chi connectivity index (χ4v) is 2.36. The molecular formula is C15H16N4O2. The van der Waals surface area contributed by atoms with Crippen molar-refractivity contribution in [1.29, 1.82) is 0 Å². The fraction of sp³-hybridized carbons (Fsp3) is 0.267. The van der Waals surface area contributed by atoms with E-state index in [1.807, 2.05) is 42.0 Å². The quantitative estimate of drug-likeness (QED) is 0.796. The lowest BCUT2D eigenvalue weighted by molar-refractivity contribution is -0.121. The Hall–Kier alpha value is -2.63. The van der Waals surface area contributed by atoms with E-state index < -0.39 is 0 Å². The Balaban J connectivity index is 2.08. The highest BCUT2D eigenvalue weighted by Gasteiger charge is 2.15. The summed E-state index contributed by atoms with van der Waals surface area (Å²) >= 11 is 0. The van der Waals surface area contributed by atoms with Crippen LogP contribution in [0.4, 0.5) is 0 Å². The molecule has 0 unspecified atom stereocenters. The Kier molecular flexibility index (Phi) is 3.43. The largest absolute Gasteiger partial charge is 0.421 e. The molecule has 0 aliphatic rings. The molecule has 6 heteroatoms. The predicted octanol–water partition coefficient (Wildman–Crippen LogP) is 2.14. The second kappa shape index (κ2) is 5.40. The highest BCUT2D eigenvalue weighted by Crippen LogP contribution is 2.29. The van der Waals surface area contributed by atoms with Crippen LogP contribution >= 0.6 is 0 Å². The molecule has 0 atom stereocenters. The minimum absolute atomic E-state index is 0.0217. The molecule has 0 bridgehead atoms. The number of nitrogens with zero attached hydrogens (tertiary/aromatic N) is 3. The molecule has 0 fully saturated rings. The molecule has 21 heavy (non-hydrogen) atoms. The molecule has 2 aromatic heterocycles. The molecule has 6 nitrogen and oxygen atoms in total. The van der Waals surface area contributed by atoms with Crippen LogP contribution in [-0.4, -0.2) is 27.2 Å². The molecule has 1 N–H and O–H groups in total. The number of hydrogen-bond donors (Lipinski definition) is 1. The number of amides is 1. The molecule has 0 aliphatic heterocycles. The smallest absolute Gasteiger partial charge is 0.249 e. The van der Waals surface area contributed by atoms with E-state index in [9.17, 15) is 4.79 Å². The number of carbonyl (C=O) groups is 1. The number of aromatic nitrogens is 3. The molecule has 0 radical (unpaired) electrons. The van der Waals surface area contributed by atoms with E-state index in [0.717, 1.165) is 16.5 Å². The number of fused-ring (bicyclic) bond motifs is 1. The van der Waals surface area contributed by atoms with Crippen molar-refractivity contribution < 1.29 is 9.21 Å². The molecule has 1 aromatic carbocycles. The van der Waals surface area contributed by atoms with Crippen LogP contribution in [0.3, 0.4) is 0 Å². The van der Waals surface area contributed by atoms with Crippen LogP contribution in [-0.2, 0) is 11.3 Å². The van der Waals surface area contributed by atoms with Gasteiger partial charge < -0.3 is 14.3 Å². The van der Waals surface area contributed by atoms with Gasteiger partial charge in [-0.1, -0.05) is 18.2 Å². The summed E-state index contributed by atoms with van der Waals surface area (Å²) in [4.78, 5) is 11.8. The molecule has 108 valence electrons. The second-order valence-corrected chi connectivity index (χ2v) is 4.77. The normalized spacial score (nSPS) is 11.0. The van der Waals surface area contributed by atoms with Gasteiger partial charge in [-0.05, 0) is 13.0 Å². The van der Waals surface area contributed by atoms with Crippen molar-refractivity contribution in [3.8, 4) is 11.5 Å². The number of rotatable bonds is 4. The minimum atomic E-state index is -0.0217. The SMILES string of the molecule is CCNC(=O)Cn1cc(-c2nnc(C)o2)c2ccccc21. The standard InChI is InChI=1S/C15H16N4O2/c1-3-16-14(20)9-19-8-12(15-18-17-10(2)21-15)11-6-4-5-7-13(11)19/h4-8H,3,9H2,1-2H3,(H,16,20). The zero-order valence-corrected chi connectivity index (χ0v) is 12.0. The lowest BCUT2D eigenvalue weighted by Crippen LogP contribution is -2.26. The average molecular weight is 284 g/mol. The van der Waals surface area contributed by atoms with Crippen molar-refractivity contribution >= 4 is 16.8 Å². The average Bonchev–Trinajstić information content (AvgIpc) is 3.04. The Labute approximate surface area is 121 Å². The van der Waals surface area contributed by atoms with E-state index >= 15 is 0 Å². The van der Waals surface area contributed by atoms with Gasteiger partial charge in [0.1, 0.15) is 6.54 Å². The van der Waals surface area contributed by atoms with E-state index in [1.54, 1.807) is 6.92 Å².